The number of hydrogen-bond acceptors (Lipinski definition) is 6. The fourth-order valence-corrected chi connectivity index (χ4v) is 8.38. The molecule has 4 amide bonds. The first-order valence-corrected chi connectivity index (χ1v) is 15.8. The van der Waals surface area contributed by atoms with E-state index < -0.39 is 52.6 Å². The summed E-state index contributed by atoms with van der Waals surface area (Å²) in [5.74, 6) is -5.29. The second kappa shape index (κ2) is 11.1. The first-order valence-electron chi connectivity index (χ1n) is 15.4. The fraction of sp³-hybridized carbons (Fsp3) is 0.333. The number of nitrogens with zero attached hydrogens (tertiary/aromatic N) is 2. The molecule has 3 aromatic carbocycles. The summed E-state index contributed by atoms with van der Waals surface area (Å²) in [6.45, 7) is 4.01. The van der Waals surface area contributed by atoms with Crippen LogP contribution < -0.4 is 9.64 Å². The second-order valence-corrected chi connectivity index (χ2v) is 13.1. The van der Waals surface area contributed by atoms with Crippen molar-refractivity contribution in [3.05, 3.63) is 100 Å². The van der Waals surface area contributed by atoms with Crippen LogP contribution in [0.25, 0.3) is 0 Å². The molecule has 2 aliphatic carbocycles. The Balaban J connectivity index is 1.33. The van der Waals surface area contributed by atoms with Crippen LogP contribution in [0, 0.1) is 34.9 Å². The zero-order chi connectivity index (χ0) is 32.5. The molecule has 8 nitrogen and oxygen atoms in total. The number of aromatic hydroxyl groups is 1. The van der Waals surface area contributed by atoms with Gasteiger partial charge < -0.3 is 9.84 Å². The molecule has 3 fully saturated rings. The van der Waals surface area contributed by atoms with Crippen molar-refractivity contribution in [2.45, 2.75) is 39.2 Å². The number of hydrogen-bond donors (Lipinski definition) is 1. The number of fused-ring (bicyclic) bond motifs is 4. The van der Waals surface area contributed by atoms with Gasteiger partial charge in [-0.2, -0.15) is 0 Å². The van der Waals surface area contributed by atoms with Crippen molar-refractivity contribution in [2.75, 3.05) is 11.4 Å². The third-order valence-corrected chi connectivity index (χ3v) is 10.7. The molecule has 3 aromatic rings. The van der Waals surface area contributed by atoms with Crippen molar-refractivity contribution in [3.8, 4) is 11.5 Å². The minimum absolute atomic E-state index is 0.119. The van der Waals surface area contributed by atoms with Crippen LogP contribution in [0.4, 0.5) is 10.1 Å². The van der Waals surface area contributed by atoms with E-state index in [0.29, 0.717) is 17.7 Å². The summed E-state index contributed by atoms with van der Waals surface area (Å²) < 4.78 is 20.0. The molecule has 46 heavy (non-hydrogen) atoms. The van der Waals surface area contributed by atoms with E-state index in [9.17, 15) is 28.7 Å². The monoisotopic (exact) mass is 642 g/mol. The molecule has 0 spiro atoms. The van der Waals surface area contributed by atoms with E-state index in [-0.39, 0.29) is 47.8 Å². The maximum Gasteiger partial charge on any atom is 0.241 e. The summed E-state index contributed by atoms with van der Waals surface area (Å²) in [7, 11) is 0. The summed E-state index contributed by atoms with van der Waals surface area (Å²) in [5.41, 5.74) is 0.897. The number of likely N-dealkylation sites (tertiary alicyclic amines) is 1. The van der Waals surface area contributed by atoms with Crippen LogP contribution >= 0.6 is 11.6 Å². The van der Waals surface area contributed by atoms with Crippen molar-refractivity contribution in [2.24, 2.45) is 29.1 Å². The first-order chi connectivity index (χ1) is 22.1. The van der Waals surface area contributed by atoms with Gasteiger partial charge in [0, 0.05) is 24.1 Å². The highest BCUT2D eigenvalue weighted by Gasteiger charge is 2.67. The van der Waals surface area contributed by atoms with Crippen LogP contribution in [-0.2, 0) is 25.8 Å². The number of anilines is 1. The SMILES string of the molecule is CCN1C(=O)C2CC=C3C(CC4C(=O)N(c5ccc(F)c(Cl)c5)C(=O)C4(C)C3c3ccc(OCc4ccccc4)cc3O)C2C1=O. The van der Waals surface area contributed by atoms with E-state index in [1.54, 1.807) is 26.0 Å². The molecule has 1 N–H and O–H groups in total. The maximum atomic E-state index is 14.5. The molecule has 2 aliphatic heterocycles. The maximum absolute atomic E-state index is 14.5. The van der Waals surface area contributed by atoms with E-state index >= 15 is 0 Å². The van der Waals surface area contributed by atoms with E-state index in [1.165, 1.54) is 23.1 Å². The number of phenolic OH excluding ortho intramolecular Hbond substituents is 1. The molecule has 0 aromatic heterocycles. The van der Waals surface area contributed by atoms with Gasteiger partial charge in [0.1, 0.15) is 23.9 Å². The lowest BCUT2D eigenvalue weighted by molar-refractivity contribution is -0.140. The van der Waals surface area contributed by atoms with Gasteiger partial charge in [-0.05, 0) is 62.4 Å². The third kappa shape index (κ3) is 4.39. The molecule has 2 heterocycles. The van der Waals surface area contributed by atoms with Gasteiger partial charge in [-0.15, -0.1) is 0 Å². The number of rotatable bonds is 6. The number of ether oxygens (including phenoxy) is 1. The zero-order valence-corrected chi connectivity index (χ0v) is 26.0. The highest BCUT2D eigenvalue weighted by Crippen LogP contribution is 2.64. The van der Waals surface area contributed by atoms with Gasteiger partial charge in [0.25, 0.3) is 0 Å². The van der Waals surface area contributed by atoms with Crippen LogP contribution in [-0.4, -0.2) is 40.2 Å². The van der Waals surface area contributed by atoms with Gasteiger partial charge in [-0.3, -0.25) is 24.1 Å². The van der Waals surface area contributed by atoms with E-state index in [2.05, 4.69) is 0 Å². The Morgan fingerprint density at radius 1 is 0.978 bits per heavy atom. The molecule has 236 valence electrons. The molecule has 4 aliphatic rings. The van der Waals surface area contributed by atoms with E-state index in [1.807, 2.05) is 36.4 Å². The van der Waals surface area contributed by atoms with E-state index in [0.717, 1.165) is 22.1 Å². The fourth-order valence-electron chi connectivity index (χ4n) is 8.20. The third-order valence-electron chi connectivity index (χ3n) is 10.4. The van der Waals surface area contributed by atoms with Gasteiger partial charge >= 0.3 is 0 Å². The topological polar surface area (TPSA) is 104 Å². The average Bonchev–Trinajstić information content (AvgIpc) is 3.41. The Hall–Kier alpha value is -4.50. The summed E-state index contributed by atoms with van der Waals surface area (Å²) in [6.07, 6.45) is 2.41. The lowest BCUT2D eigenvalue weighted by atomic mass is 9.51. The number of amides is 4. The standard InChI is InChI=1S/C36H32ClFN2O6/c1-3-39-32(42)24-13-12-22-25(30(24)34(39)44)17-26-33(43)40(20-9-14-28(38)27(37)15-20)35(45)36(26,2)31(22)23-11-10-21(16-29(23)41)46-18-19-7-5-4-6-8-19/h4-12,14-16,24-26,30-31,41H,3,13,17-18H2,1-2H3. The predicted molar refractivity (Wildman–Crippen MR) is 167 cm³/mol. The summed E-state index contributed by atoms with van der Waals surface area (Å²) in [5, 5.41) is 11.3. The Bertz CT molecular complexity index is 1830. The van der Waals surface area contributed by atoms with Crippen LogP contribution in [0.5, 0.6) is 11.5 Å². The number of phenols is 1. The van der Waals surface area contributed by atoms with Crippen molar-refractivity contribution in [3.63, 3.8) is 0 Å². The van der Waals surface area contributed by atoms with Crippen molar-refractivity contribution >= 4 is 40.9 Å². The molecule has 2 saturated heterocycles. The minimum Gasteiger partial charge on any atom is -0.508 e. The Morgan fingerprint density at radius 3 is 2.43 bits per heavy atom. The number of halogens is 2. The Labute approximate surface area is 270 Å². The molecular weight excluding hydrogens is 611 g/mol. The smallest absolute Gasteiger partial charge is 0.241 e. The van der Waals surface area contributed by atoms with Gasteiger partial charge in [-0.25, -0.2) is 9.29 Å². The minimum atomic E-state index is -1.37. The zero-order valence-electron chi connectivity index (χ0n) is 25.3. The largest absolute Gasteiger partial charge is 0.508 e. The second-order valence-electron chi connectivity index (χ2n) is 12.7. The molecule has 6 atom stereocenters. The van der Waals surface area contributed by atoms with Crippen molar-refractivity contribution in [1.29, 1.82) is 0 Å². The quantitative estimate of drug-likeness (QED) is 0.261. The predicted octanol–water partition coefficient (Wildman–Crippen LogP) is 6.01. The molecule has 0 radical (unpaired) electrons. The lowest BCUT2D eigenvalue weighted by Crippen LogP contribution is -2.48. The lowest BCUT2D eigenvalue weighted by Gasteiger charge is -2.49. The average molecular weight is 643 g/mol. The molecule has 10 heteroatoms. The normalized spacial score (nSPS) is 28.6. The highest BCUT2D eigenvalue weighted by molar-refractivity contribution is 6.31. The molecule has 7 rings (SSSR count). The van der Waals surface area contributed by atoms with Gasteiger partial charge in [0.15, 0.2) is 0 Å². The van der Waals surface area contributed by atoms with E-state index in [4.69, 9.17) is 16.3 Å². The summed E-state index contributed by atoms with van der Waals surface area (Å²) in [4.78, 5) is 57.9. The number of benzene rings is 3. The van der Waals surface area contributed by atoms with Gasteiger partial charge in [-0.1, -0.05) is 59.6 Å². The first kappa shape index (κ1) is 30.2. The van der Waals surface area contributed by atoms with Crippen LogP contribution in [0.2, 0.25) is 5.02 Å². The molecule has 6 unspecified atom stereocenters. The Kier molecular flexibility index (Phi) is 7.27. The van der Waals surface area contributed by atoms with Crippen LogP contribution in [0.3, 0.4) is 0 Å². The van der Waals surface area contributed by atoms with Crippen LogP contribution in [0.1, 0.15) is 43.7 Å². The summed E-state index contributed by atoms with van der Waals surface area (Å²) in [6, 6.07) is 18.2. The van der Waals surface area contributed by atoms with Gasteiger partial charge in [0.2, 0.25) is 23.6 Å². The van der Waals surface area contributed by atoms with Crippen molar-refractivity contribution < 1.29 is 33.4 Å². The number of imide groups is 2. The summed E-state index contributed by atoms with van der Waals surface area (Å²) >= 11 is 6.07. The van der Waals surface area contributed by atoms with Crippen molar-refractivity contribution in [1.82, 2.24) is 4.90 Å². The van der Waals surface area contributed by atoms with Gasteiger partial charge in [0.05, 0.1) is 33.9 Å². The molecular formula is C36H32ClFN2O6. The highest BCUT2D eigenvalue weighted by atomic mass is 35.5. The molecule has 0 bridgehead atoms. The number of carbonyl (C=O) groups is 4. The number of allylic oxidation sites excluding steroid dienone is 2. The molecule has 1 saturated carbocycles. The Morgan fingerprint density at radius 2 is 1.74 bits per heavy atom. The number of carbonyl (C=O) groups excluding carboxylic acids is 4. The van der Waals surface area contributed by atoms with Crippen LogP contribution in [0.15, 0.2) is 78.4 Å².